The van der Waals surface area contributed by atoms with Crippen molar-refractivity contribution in [2.24, 2.45) is 0 Å². The topological polar surface area (TPSA) is 171 Å². The summed E-state index contributed by atoms with van der Waals surface area (Å²) >= 11 is 0. The number of nitrogens with zero attached hydrogens (tertiary/aromatic N) is 7. The zero-order valence-corrected chi connectivity index (χ0v) is 10.3. The van der Waals surface area contributed by atoms with Crippen LogP contribution >= 0.6 is 0 Å². The van der Waals surface area contributed by atoms with Crippen LogP contribution in [0.1, 0.15) is 0 Å². The van der Waals surface area contributed by atoms with Crippen molar-refractivity contribution in [3.05, 3.63) is 18.7 Å². The quantitative estimate of drug-likeness (QED) is 0.698. The summed E-state index contributed by atoms with van der Waals surface area (Å²) in [5, 5.41) is 39.0. The molecule has 0 fully saturated rings. The summed E-state index contributed by atoms with van der Waals surface area (Å²) in [7, 11) is 0. The normalized spacial score (nSPS) is 2.89. The smallest absolute Gasteiger partial charge is 0.0919 e. The first-order valence-electron chi connectivity index (χ1n) is 2.98. The number of imidazole rings is 1. The Kier molecular flexibility index (Phi) is 2040. The van der Waals surface area contributed by atoms with Gasteiger partial charge >= 0.3 is 0 Å². The number of aromatic nitrogens is 2. The maximum atomic E-state index is 6.50. The van der Waals surface area contributed by atoms with E-state index in [0.717, 1.165) is 0 Å². The van der Waals surface area contributed by atoms with Crippen LogP contribution in [0.15, 0.2) is 18.7 Å². The Morgan fingerprint density at radius 2 is 0.944 bits per heavy atom. The van der Waals surface area contributed by atoms with E-state index in [2.05, 4.69) is 49.4 Å². The van der Waals surface area contributed by atoms with Crippen molar-refractivity contribution in [1.29, 1.82) is 31.6 Å². The molecule has 0 aliphatic carbocycles. The Morgan fingerprint density at radius 1 is 0.667 bits per heavy atom. The molecule has 0 unspecified atom stereocenters. The van der Waals surface area contributed by atoms with Crippen molar-refractivity contribution in [2.75, 3.05) is 0 Å². The standard InChI is InChI=1S/C3H4N2.6CHN.Fe/c1-2-5-3-4-1;6*1-2;/h1-3H,(H,4,5);6*1H;. The zero-order chi connectivity index (χ0) is 15.5. The minimum atomic E-state index is 0. The second kappa shape index (κ2) is 787. The van der Waals surface area contributed by atoms with Crippen LogP contribution < -0.4 is 0 Å². The average Bonchev–Trinajstić information content (AvgIpc) is 3.10. The third-order valence-corrected chi connectivity index (χ3v) is 0.406. The van der Waals surface area contributed by atoms with Gasteiger partial charge in [-0.25, -0.2) is 36.6 Å². The van der Waals surface area contributed by atoms with E-state index in [1.54, 1.807) is 18.7 Å². The largest absolute Gasteiger partial charge is 0.351 e. The van der Waals surface area contributed by atoms with Crippen LogP contribution in [0.4, 0.5) is 0 Å². The van der Waals surface area contributed by atoms with Crippen molar-refractivity contribution in [1.82, 2.24) is 9.97 Å². The first-order valence-corrected chi connectivity index (χ1v) is 2.98. The Hall–Kier alpha value is -3.33. The number of nitrogens with one attached hydrogen (secondary N) is 1. The molecule has 0 radical (unpaired) electrons. The molecule has 9 heteroatoms. The van der Waals surface area contributed by atoms with Crippen LogP contribution in [0.3, 0.4) is 0 Å². The summed E-state index contributed by atoms with van der Waals surface area (Å²) in [6, 6.07) is 0. The molecular weight excluding hydrogens is 276 g/mol. The molecule has 0 aromatic carbocycles. The van der Waals surface area contributed by atoms with Crippen LogP contribution in [0.5, 0.6) is 0 Å². The Morgan fingerprint density at radius 3 is 1.00 bits per heavy atom. The van der Waals surface area contributed by atoms with Gasteiger partial charge in [-0.1, -0.05) is 0 Å². The number of hydrogen-bond donors (Lipinski definition) is 1. The van der Waals surface area contributed by atoms with E-state index >= 15 is 0 Å². The van der Waals surface area contributed by atoms with E-state index in [9.17, 15) is 0 Å². The van der Waals surface area contributed by atoms with E-state index in [0.29, 0.717) is 0 Å². The van der Waals surface area contributed by atoms with Crippen molar-refractivity contribution in [3.8, 4) is 39.4 Å². The second-order valence-electron chi connectivity index (χ2n) is 0.761. The molecular formula is C9H10FeN8. The second-order valence-corrected chi connectivity index (χ2v) is 0.761. The Bertz CT molecular complexity index is 215. The van der Waals surface area contributed by atoms with E-state index in [4.69, 9.17) is 31.6 Å². The summed E-state index contributed by atoms with van der Waals surface area (Å²) in [5.74, 6) is 0. The first kappa shape index (κ1) is 46.6. The molecule has 0 bridgehead atoms. The van der Waals surface area contributed by atoms with Gasteiger partial charge in [0.1, 0.15) is 0 Å². The fourth-order valence-corrected chi connectivity index (χ4v) is 0.215. The number of nitriles is 6. The molecule has 1 rings (SSSR count). The maximum absolute atomic E-state index is 6.50. The molecule has 18 heavy (non-hydrogen) atoms. The van der Waals surface area contributed by atoms with Gasteiger partial charge in [0, 0.05) is 68.9 Å². The van der Waals surface area contributed by atoms with Gasteiger partial charge in [0.2, 0.25) is 0 Å². The predicted octanol–water partition coefficient (Wildman–Crippen LogP) is 1.25. The van der Waals surface area contributed by atoms with Gasteiger partial charge in [0.05, 0.1) is 6.33 Å². The molecule has 0 aliphatic heterocycles. The number of rotatable bonds is 0. The van der Waals surface area contributed by atoms with Crippen LogP contribution in [0.25, 0.3) is 0 Å². The average molecular weight is 286 g/mol. The molecule has 0 saturated carbocycles. The minimum absolute atomic E-state index is 0. The molecule has 8 nitrogen and oxygen atoms in total. The van der Waals surface area contributed by atoms with Gasteiger partial charge in [0.25, 0.3) is 0 Å². The van der Waals surface area contributed by atoms with Crippen molar-refractivity contribution < 1.29 is 17.1 Å². The van der Waals surface area contributed by atoms with E-state index in [1.165, 1.54) is 0 Å². The molecule has 0 amide bonds. The van der Waals surface area contributed by atoms with Crippen LogP contribution in [-0.2, 0) is 17.1 Å². The molecule has 0 aliphatic rings. The fourth-order valence-electron chi connectivity index (χ4n) is 0.215. The molecule has 0 spiro atoms. The van der Waals surface area contributed by atoms with Crippen molar-refractivity contribution in [3.63, 3.8) is 0 Å². The van der Waals surface area contributed by atoms with Gasteiger partial charge in [-0.15, -0.1) is 0 Å². The third kappa shape index (κ3) is 619. The molecule has 0 atom stereocenters. The summed E-state index contributed by atoms with van der Waals surface area (Å²) in [5.41, 5.74) is 0. The summed E-state index contributed by atoms with van der Waals surface area (Å²) < 4.78 is 0. The molecule has 1 heterocycles. The number of hydrogen-bond acceptors (Lipinski definition) is 7. The minimum Gasteiger partial charge on any atom is -0.351 e. The summed E-state index contributed by atoms with van der Waals surface area (Å²) in [4.78, 5) is 6.42. The first-order chi connectivity index (χ1) is 8.50. The van der Waals surface area contributed by atoms with Crippen molar-refractivity contribution >= 4 is 0 Å². The number of aromatic amines is 1. The van der Waals surface area contributed by atoms with Gasteiger partial charge in [-0.2, -0.15) is 0 Å². The molecule has 0 saturated heterocycles. The van der Waals surface area contributed by atoms with Gasteiger partial charge in [-0.3, -0.25) is 0 Å². The van der Waals surface area contributed by atoms with Crippen molar-refractivity contribution in [2.45, 2.75) is 0 Å². The maximum Gasteiger partial charge on any atom is 0.0919 e. The number of H-pyrrole nitrogens is 1. The van der Waals surface area contributed by atoms with Crippen LogP contribution in [0, 0.1) is 71.0 Å². The van der Waals surface area contributed by atoms with E-state index in [-0.39, 0.29) is 17.1 Å². The predicted molar refractivity (Wildman–Crippen MR) is 58.6 cm³/mol. The molecule has 1 aromatic rings. The summed E-state index contributed by atoms with van der Waals surface area (Å²) in [6.45, 7) is 21.0. The van der Waals surface area contributed by atoms with Gasteiger partial charge in [-0.05, 0) is 0 Å². The van der Waals surface area contributed by atoms with E-state index < -0.39 is 0 Å². The van der Waals surface area contributed by atoms with Gasteiger partial charge in [0.15, 0.2) is 0 Å². The Balaban J connectivity index is -0.0000000167. The van der Waals surface area contributed by atoms with Gasteiger partial charge < -0.3 is 4.98 Å². The Labute approximate surface area is 117 Å². The fraction of sp³-hybridized carbons (Fsp3) is 0. The SMILES string of the molecule is C#N.C#N.C#N.C#N.C#N.C#N.[Fe].c1c[nH]cn1. The molecule has 1 N–H and O–H groups in total. The van der Waals surface area contributed by atoms with Crippen LogP contribution in [0.2, 0.25) is 0 Å². The van der Waals surface area contributed by atoms with Crippen LogP contribution in [-0.4, -0.2) is 9.97 Å². The molecule has 94 valence electrons. The van der Waals surface area contributed by atoms with E-state index in [1.807, 2.05) is 0 Å². The monoisotopic (exact) mass is 286 g/mol. The zero-order valence-electron chi connectivity index (χ0n) is 9.18. The third-order valence-electron chi connectivity index (χ3n) is 0.406. The molecule has 1 aromatic heterocycles. The summed E-state index contributed by atoms with van der Waals surface area (Å²) in [6.07, 6.45) is 5.08.